The fourth-order valence-corrected chi connectivity index (χ4v) is 3.66. The van der Waals surface area contributed by atoms with Crippen LogP contribution in [0.3, 0.4) is 0 Å². The van der Waals surface area contributed by atoms with E-state index in [0.717, 1.165) is 18.8 Å². The summed E-state index contributed by atoms with van der Waals surface area (Å²) < 4.78 is 0. The van der Waals surface area contributed by atoms with Crippen molar-refractivity contribution < 1.29 is 9.59 Å². The van der Waals surface area contributed by atoms with Gasteiger partial charge < -0.3 is 4.90 Å². The second-order valence-electron chi connectivity index (χ2n) is 6.76. The second kappa shape index (κ2) is 7.24. The van der Waals surface area contributed by atoms with Crippen molar-refractivity contribution in [2.75, 3.05) is 13.1 Å². The molecule has 0 N–H and O–H groups in total. The molecule has 20 heavy (non-hydrogen) atoms. The molecule has 3 nitrogen and oxygen atoms in total. The van der Waals surface area contributed by atoms with E-state index in [9.17, 15) is 9.59 Å². The Morgan fingerprint density at radius 2 is 1.95 bits per heavy atom. The fourth-order valence-electron chi connectivity index (χ4n) is 3.66. The summed E-state index contributed by atoms with van der Waals surface area (Å²) >= 11 is 0. The number of hydrogen-bond acceptors (Lipinski definition) is 2. The van der Waals surface area contributed by atoms with Crippen molar-refractivity contribution in [3.8, 4) is 0 Å². The molecule has 1 unspecified atom stereocenters. The van der Waals surface area contributed by atoms with Gasteiger partial charge in [0.05, 0.1) is 0 Å². The van der Waals surface area contributed by atoms with Crippen LogP contribution in [0.25, 0.3) is 0 Å². The molecule has 1 saturated heterocycles. The van der Waals surface area contributed by atoms with Gasteiger partial charge in [0.15, 0.2) is 0 Å². The van der Waals surface area contributed by atoms with Gasteiger partial charge in [0.2, 0.25) is 5.91 Å². The van der Waals surface area contributed by atoms with Crippen molar-refractivity contribution >= 4 is 11.7 Å². The summed E-state index contributed by atoms with van der Waals surface area (Å²) in [4.78, 5) is 26.0. The Balaban J connectivity index is 1.78. The first-order valence-electron chi connectivity index (χ1n) is 8.43. The van der Waals surface area contributed by atoms with E-state index >= 15 is 0 Å². The zero-order valence-electron chi connectivity index (χ0n) is 13.1. The van der Waals surface area contributed by atoms with Crippen LogP contribution in [0.4, 0.5) is 0 Å². The van der Waals surface area contributed by atoms with Crippen LogP contribution in [0.5, 0.6) is 0 Å². The van der Waals surface area contributed by atoms with Crippen LogP contribution in [0.15, 0.2) is 0 Å². The first-order valence-corrected chi connectivity index (χ1v) is 8.43. The van der Waals surface area contributed by atoms with Gasteiger partial charge in [-0.1, -0.05) is 33.1 Å². The first-order chi connectivity index (χ1) is 9.61. The summed E-state index contributed by atoms with van der Waals surface area (Å²) in [5.41, 5.74) is 0. The highest BCUT2D eigenvalue weighted by Crippen LogP contribution is 2.33. The van der Waals surface area contributed by atoms with Crippen molar-refractivity contribution in [3.05, 3.63) is 0 Å². The van der Waals surface area contributed by atoms with E-state index in [2.05, 4.69) is 6.92 Å². The molecule has 2 rings (SSSR count). The monoisotopic (exact) mass is 279 g/mol. The highest BCUT2D eigenvalue weighted by molar-refractivity contribution is 5.85. The topological polar surface area (TPSA) is 37.4 Å². The molecule has 0 bridgehead atoms. The zero-order chi connectivity index (χ0) is 14.5. The zero-order valence-corrected chi connectivity index (χ0v) is 13.1. The van der Waals surface area contributed by atoms with Gasteiger partial charge in [0, 0.05) is 31.3 Å². The van der Waals surface area contributed by atoms with Crippen LogP contribution in [-0.2, 0) is 9.59 Å². The van der Waals surface area contributed by atoms with Crippen LogP contribution in [0.1, 0.15) is 65.2 Å². The van der Waals surface area contributed by atoms with Crippen LogP contribution in [0.2, 0.25) is 0 Å². The molecule has 1 heterocycles. The summed E-state index contributed by atoms with van der Waals surface area (Å²) in [6.45, 7) is 5.49. The Morgan fingerprint density at radius 1 is 1.25 bits per heavy atom. The van der Waals surface area contributed by atoms with Gasteiger partial charge in [-0.15, -0.1) is 0 Å². The molecular weight excluding hydrogens is 250 g/mol. The molecule has 2 fully saturated rings. The number of carbonyl (C=O) groups excluding carboxylic acids is 2. The Morgan fingerprint density at radius 3 is 2.55 bits per heavy atom. The summed E-state index contributed by atoms with van der Waals surface area (Å²) in [6, 6.07) is 0. The largest absolute Gasteiger partial charge is 0.341 e. The molecule has 1 saturated carbocycles. The van der Waals surface area contributed by atoms with Crippen molar-refractivity contribution in [1.82, 2.24) is 4.90 Å². The fraction of sp³-hybridized carbons (Fsp3) is 0.882. The number of likely N-dealkylation sites (tertiary alicyclic amines) is 1. The lowest BCUT2D eigenvalue weighted by atomic mass is 9.79. The van der Waals surface area contributed by atoms with Gasteiger partial charge in [-0.05, 0) is 31.6 Å². The van der Waals surface area contributed by atoms with Crippen LogP contribution in [0, 0.1) is 17.8 Å². The van der Waals surface area contributed by atoms with Gasteiger partial charge in [0.25, 0.3) is 0 Å². The highest BCUT2D eigenvalue weighted by atomic mass is 16.2. The van der Waals surface area contributed by atoms with E-state index in [4.69, 9.17) is 0 Å². The standard InChI is InChI=1S/C17H29NO2/c1-3-4-5-14-6-8-15(9-7-14)17(20)18-11-10-16(19)13(2)12-18/h13-15H,3-12H2,1-2H3. The lowest BCUT2D eigenvalue weighted by Crippen LogP contribution is -2.46. The lowest BCUT2D eigenvalue weighted by molar-refractivity contribution is -0.141. The minimum atomic E-state index is 0.0357. The highest BCUT2D eigenvalue weighted by Gasteiger charge is 2.32. The molecular formula is C17H29NO2. The molecule has 1 amide bonds. The van der Waals surface area contributed by atoms with Gasteiger partial charge in [0.1, 0.15) is 5.78 Å². The van der Waals surface area contributed by atoms with Crippen molar-refractivity contribution in [3.63, 3.8) is 0 Å². The van der Waals surface area contributed by atoms with E-state index < -0.39 is 0 Å². The quantitative estimate of drug-likeness (QED) is 0.790. The molecule has 3 heteroatoms. The van der Waals surface area contributed by atoms with Crippen LogP contribution in [-0.4, -0.2) is 29.7 Å². The maximum atomic E-state index is 12.5. The van der Waals surface area contributed by atoms with E-state index in [1.165, 1.54) is 32.1 Å². The molecule has 114 valence electrons. The van der Waals surface area contributed by atoms with Gasteiger partial charge >= 0.3 is 0 Å². The third kappa shape index (κ3) is 3.83. The van der Waals surface area contributed by atoms with Gasteiger partial charge in [-0.25, -0.2) is 0 Å². The number of piperidine rings is 1. The predicted octanol–water partition coefficient (Wildman–Crippen LogP) is 3.42. The smallest absolute Gasteiger partial charge is 0.225 e. The Hall–Kier alpha value is -0.860. The van der Waals surface area contributed by atoms with E-state index in [1.807, 2.05) is 11.8 Å². The summed E-state index contributed by atoms with van der Waals surface area (Å²) in [5, 5.41) is 0. The maximum Gasteiger partial charge on any atom is 0.225 e. The van der Waals surface area contributed by atoms with Crippen molar-refractivity contribution in [2.24, 2.45) is 17.8 Å². The number of hydrogen-bond donors (Lipinski definition) is 0. The number of ketones is 1. The van der Waals surface area contributed by atoms with Crippen LogP contribution >= 0.6 is 0 Å². The summed E-state index contributed by atoms with van der Waals surface area (Å²) in [7, 11) is 0. The molecule has 0 spiro atoms. The third-order valence-electron chi connectivity index (χ3n) is 5.15. The normalized spacial score (nSPS) is 31.4. The Bertz CT molecular complexity index is 345. The number of amides is 1. The molecule has 0 aromatic rings. The first kappa shape index (κ1) is 15.5. The third-order valence-corrected chi connectivity index (χ3v) is 5.15. The lowest BCUT2D eigenvalue weighted by Gasteiger charge is -2.35. The minimum absolute atomic E-state index is 0.0357. The number of unbranched alkanes of at least 4 members (excludes halogenated alkanes) is 1. The second-order valence-corrected chi connectivity index (χ2v) is 6.76. The summed E-state index contributed by atoms with van der Waals surface area (Å²) in [5.74, 6) is 1.75. The molecule has 1 aliphatic heterocycles. The SMILES string of the molecule is CCCCC1CCC(C(=O)N2CCC(=O)C(C)C2)CC1. The van der Waals surface area contributed by atoms with Crippen molar-refractivity contribution in [2.45, 2.75) is 65.2 Å². The summed E-state index contributed by atoms with van der Waals surface area (Å²) in [6.07, 6.45) is 9.06. The number of Topliss-reactive ketones (excluding diaryl/α,β-unsaturated/α-hetero) is 1. The number of rotatable bonds is 4. The Kier molecular flexibility index (Phi) is 5.62. The van der Waals surface area contributed by atoms with E-state index in [1.54, 1.807) is 0 Å². The average molecular weight is 279 g/mol. The van der Waals surface area contributed by atoms with Crippen molar-refractivity contribution in [1.29, 1.82) is 0 Å². The van der Waals surface area contributed by atoms with Crippen LogP contribution < -0.4 is 0 Å². The van der Waals surface area contributed by atoms with E-state index in [0.29, 0.717) is 31.2 Å². The van der Waals surface area contributed by atoms with E-state index in [-0.39, 0.29) is 11.8 Å². The molecule has 1 aliphatic carbocycles. The van der Waals surface area contributed by atoms with Gasteiger partial charge in [-0.2, -0.15) is 0 Å². The average Bonchev–Trinajstić information content (AvgIpc) is 2.48. The molecule has 0 aromatic carbocycles. The van der Waals surface area contributed by atoms with Gasteiger partial charge in [-0.3, -0.25) is 9.59 Å². The molecule has 1 atom stereocenters. The number of nitrogens with zero attached hydrogens (tertiary/aromatic N) is 1. The molecule has 0 radical (unpaired) electrons. The molecule has 0 aromatic heterocycles. The predicted molar refractivity (Wildman–Crippen MR) is 80.3 cm³/mol. The molecule has 2 aliphatic rings. The maximum absolute atomic E-state index is 12.5. The Labute approximate surface area is 123 Å². The minimum Gasteiger partial charge on any atom is -0.341 e. The number of carbonyl (C=O) groups is 2.